The van der Waals surface area contributed by atoms with Gasteiger partial charge in [-0.1, -0.05) is 6.07 Å². The van der Waals surface area contributed by atoms with Gasteiger partial charge in [-0.05, 0) is 31.2 Å². The number of nitrogens with one attached hydrogen (secondary N) is 1. The Bertz CT molecular complexity index is 608. The number of hydrogen-bond donors (Lipinski definition) is 1. The van der Waals surface area contributed by atoms with E-state index < -0.39 is 4.92 Å². The van der Waals surface area contributed by atoms with Gasteiger partial charge in [-0.3, -0.25) is 20.5 Å². The van der Waals surface area contributed by atoms with E-state index in [0.29, 0.717) is 5.69 Å². The van der Waals surface area contributed by atoms with E-state index in [2.05, 4.69) is 15.5 Å². The molecule has 0 saturated carbocycles. The van der Waals surface area contributed by atoms with Crippen LogP contribution in [0.5, 0.6) is 0 Å². The van der Waals surface area contributed by atoms with Crippen molar-refractivity contribution in [2.45, 2.75) is 6.92 Å². The molecular formula is C13H12N4O2. The molecule has 0 aliphatic heterocycles. The van der Waals surface area contributed by atoms with Gasteiger partial charge in [-0.25, -0.2) is 0 Å². The van der Waals surface area contributed by atoms with E-state index in [1.54, 1.807) is 18.3 Å². The van der Waals surface area contributed by atoms with Crippen molar-refractivity contribution in [3.8, 4) is 0 Å². The van der Waals surface area contributed by atoms with Gasteiger partial charge >= 0.3 is 0 Å². The molecule has 0 fully saturated rings. The summed E-state index contributed by atoms with van der Waals surface area (Å²) < 4.78 is 0. The minimum atomic E-state index is -0.441. The molecule has 0 aliphatic rings. The molecule has 2 aromatic rings. The molecule has 0 aliphatic carbocycles. The van der Waals surface area contributed by atoms with E-state index in [1.807, 2.05) is 25.1 Å². The lowest BCUT2D eigenvalue weighted by Gasteiger charge is -1.99. The predicted molar refractivity (Wildman–Crippen MR) is 73.3 cm³/mol. The number of nitrogens with zero attached hydrogens (tertiary/aromatic N) is 3. The van der Waals surface area contributed by atoms with Crippen LogP contribution in [0.1, 0.15) is 11.4 Å². The molecule has 0 amide bonds. The SMILES string of the molecule is Cc1cccc(/C=N\Nc2ccc([N+](=O)[O-])cc2)n1. The largest absolute Gasteiger partial charge is 0.278 e. The summed E-state index contributed by atoms with van der Waals surface area (Å²) in [7, 11) is 0. The van der Waals surface area contributed by atoms with E-state index in [1.165, 1.54) is 12.1 Å². The van der Waals surface area contributed by atoms with Crippen LogP contribution in [0.3, 0.4) is 0 Å². The molecule has 96 valence electrons. The number of anilines is 1. The van der Waals surface area contributed by atoms with Crippen molar-refractivity contribution in [2.75, 3.05) is 5.43 Å². The van der Waals surface area contributed by atoms with Gasteiger partial charge in [0.15, 0.2) is 0 Å². The summed E-state index contributed by atoms with van der Waals surface area (Å²) in [5.74, 6) is 0. The molecule has 0 unspecified atom stereocenters. The van der Waals surface area contributed by atoms with Gasteiger partial charge in [-0.2, -0.15) is 5.10 Å². The van der Waals surface area contributed by atoms with Crippen molar-refractivity contribution >= 4 is 17.6 Å². The van der Waals surface area contributed by atoms with Crippen molar-refractivity contribution in [3.05, 3.63) is 64.0 Å². The van der Waals surface area contributed by atoms with Crippen molar-refractivity contribution in [2.24, 2.45) is 5.10 Å². The minimum absolute atomic E-state index is 0.0508. The van der Waals surface area contributed by atoms with Crippen LogP contribution >= 0.6 is 0 Å². The van der Waals surface area contributed by atoms with Crippen LogP contribution in [-0.4, -0.2) is 16.1 Å². The van der Waals surface area contributed by atoms with E-state index in [9.17, 15) is 10.1 Å². The van der Waals surface area contributed by atoms with Gasteiger partial charge in [-0.15, -0.1) is 0 Å². The molecule has 0 atom stereocenters. The monoisotopic (exact) mass is 256 g/mol. The molecule has 0 spiro atoms. The van der Waals surface area contributed by atoms with Crippen LogP contribution in [0.2, 0.25) is 0 Å². The topological polar surface area (TPSA) is 80.4 Å². The Morgan fingerprint density at radius 2 is 2.00 bits per heavy atom. The van der Waals surface area contributed by atoms with Crippen molar-refractivity contribution in [1.29, 1.82) is 0 Å². The number of non-ortho nitro benzene ring substituents is 1. The molecule has 1 heterocycles. The van der Waals surface area contributed by atoms with Gasteiger partial charge < -0.3 is 0 Å². The Morgan fingerprint density at radius 1 is 1.26 bits per heavy atom. The first-order chi connectivity index (χ1) is 9.15. The highest BCUT2D eigenvalue weighted by molar-refractivity contribution is 5.77. The lowest BCUT2D eigenvalue weighted by atomic mass is 10.3. The van der Waals surface area contributed by atoms with Gasteiger partial charge in [0.2, 0.25) is 0 Å². The molecule has 6 nitrogen and oxygen atoms in total. The number of rotatable bonds is 4. The van der Waals surface area contributed by atoms with E-state index in [-0.39, 0.29) is 5.69 Å². The van der Waals surface area contributed by atoms with Crippen LogP contribution in [0.4, 0.5) is 11.4 Å². The number of aromatic nitrogens is 1. The van der Waals surface area contributed by atoms with Crippen LogP contribution in [0.15, 0.2) is 47.6 Å². The summed E-state index contributed by atoms with van der Waals surface area (Å²) in [5.41, 5.74) is 5.17. The fourth-order valence-electron chi connectivity index (χ4n) is 1.47. The number of hydrazone groups is 1. The predicted octanol–water partition coefficient (Wildman–Crippen LogP) is 2.74. The fourth-order valence-corrected chi connectivity index (χ4v) is 1.47. The second-order valence-electron chi connectivity index (χ2n) is 3.88. The number of benzene rings is 1. The number of aryl methyl sites for hydroxylation is 1. The molecule has 0 bridgehead atoms. The molecule has 0 saturated heterocycles. The highest BCUT2D eigenvalue weighted by atomic mass is 16.6. The summed E-state index contributed by atoms with van der Waals surface area (Å²) in [4.78, 5) is 14.3. The van der Waals surface area contributed by atoms with Crippen LogP contribution in [0, 0.1) is 17.0 Å². The molecular weight excluding hydrogens is 244 g/mol. The summed E-state index contributed by atoms with van der Waals surface area (Å²) in [5, 5.41) is 14.5. The summed E-state index contributed by atoms with van der Waals surface area (Å²) in [6, 6.07) is 11.7. The van der Waals surface area contributed by atoms with Crippen LogP contribution in [-0.2, 0) is 0 Å². The Balaban J connectivity index is 2.00. The zero-order chi connectivity index (χ0) is 13.7. The number of hydrogen-bond acceptors (Lipinski definition) is 5. The standard InChI is InChI=1S/C13H12N4O2/c1-10-3-2-4-12(15-10)9-14-16-11-5-7-13(8-6-11)17(18)19/h2-9,16H,1H3/b14-9-. The average molecular weight is 256 g/mol. The molecule has 1 N–H and O–H groups in total. The molecule has 1 aromatic heterocycles. The number of nitro benzene ring substituents is 1. The Morgan fingerprint density at radius 3 is 2.63 bits per heavy atom. The summed E-state index contributed by atoms with van der Waals surface area (Å²) in [6.45, 7) is 1.90. The van der Waals surface area contributed by atoms with Crippen molar-refractivity contribution in [1.82, 2.24) is 4.98 Å². The first-order valence-electron chi connectivity index (χ1n) is 5.62. The molecule has 2 rings (SSSR count). The van der Waals surface area contributed by atoms with Gasteiger partial charge in [0.25, 0.3) is 5.69 Å². The van der Waals surface area contributed by atoms with E-state index in [0.717, 1.165) is 11.4 Å². The number of nitro groups is 1. The van der Waals surface area contributed by atoms with Crippen LogP contribution in [0.25, 0.3) is 0 Å². The van der Waals surface area contributed by atoms with Crippen molar-refractivity contribution in [3.63, 3.8) is 0 Å². The second kappa shape index (κ2) is 5.72. The maximum atomic E-state index is 10.5. The molecule has 6 heteroatoms. The third-order valence-electron chi connectivity index (χ3n) is 2.38. The van der Waals surface area contributed by atoms with E-state index in [4.69, 9.17) is 0 Å². The van der Waals surface area contributed by atoms with Gasteiger partial charge in [0.05, 0.1) is 22.5 Å². The average Bonchev–Trinajstić information content (AvgIpc) is 2.39. The summed E-state index contributed by atoms with van der Waals surface area (Å²) in [6.07, 6.45) is 1.59. The number of pyridine rings is 1. The van der Waals surface area contributed by atoms with Gasteiger partial charge in [0, 0.05) is 17.8 Å². The third kappa shape index (κ3) is 3.60. The quantitative estimate of drug-likeness (QED) is 0.518. The Hall–Kier alpha value is -2.76. The Labute approximate surface area is 110 Å². The normalized spacial score (nSPS) is 10.6. The lowest BCUT2D eigenvalue weighted by Crippen LogP contribution is -1.94. The summed E-state index contributed by atoms with van der Waals surface area (Å²) >= 11 is 0. The molecule has 0 radical (unpaired) electrons. The highest BCUT2D eigenvalue weighted by Crippen LogP contribution is 2.15. The highest BCUT2D eigenvalue weighted by Gasteiger charge is 2.02. The molecule has 19 heavy (non-hydrogen) atoms. The molecule has 1 aromatic carbocycles. The van der Waals surface area contributed by atoms with E-state index >= 15 is 0 Å². The van der Waals surface area contributed by atoms with Crippen molar-refractivity contribution < 1.29 is 4.92 Å². The zero-order valence-electron chi connectivity index (χ0n) is 10.3. The maximum absolute atomic E-state index is 10.5. The van der Waals surface area contributed by atoms with Crippen LogP contribution < -0.4 is 5.43 Å². The zero-order valence-corrected chi connectivity index (χ0v) is 10.3. The van der Waals surface area contributed by atoms with Gasteiger partial charge in [0.1, 0.15) is 0 Å². The first kappa shape index (κ1) is 12.7. The Kier molecular flexibility index (Phi) is 3.82. The lowest BCUT2D eigenvalue weighted by molar-refractivity contribution is -0.384. The third-order valence-corrected chi connectivity index (χ3v) is 2.38. The first-order valence-corrected chi connectivity index (χ1v) is 5.62. The second-order valence-corrected chi connectivity index (χ2v) is 3.88. The fraction of sp³-hybridized carbons (Fsp3) is 0.0769. The minimum Gasteiger partial charge on any atom is -0.278 e. The smallest absolute Gasteiger partial charge is 0.269 e. The maximum Gasteiger partial charge on any atom is 0.269 e.